The third-order valence-corrected chi connectivity index (χ3v) is 3.40. The molecule has 10 heteroatoms. The Morgan fingerprint density at radius 2 is 2.00 bits per heavy atom. The first-order valence-electron chi connectivity index (χ1n) is 6.89. The molecule has 1 aliphatic rings. The molecule has 0 aromatic carbocycles. The lowest BCUT2D eigenvalue weighted by Crippen LogP contribution is -2.54. The number of nitrogens with zero attached hydrogens (tertiary/aromatic N) is 4. The standard InChI is InChI=1S/C14H12F3N5O2/c15-14(16,17)11-4-12(21-7-20-11)22-5-9(6-22)24-8-1-2-19-10(3-8)13(18)23/h1-4,7,9H,5-6H2,(H2,18,23). The lowest BCUT2D eigenvalue weighted by molar-refractivity contribution is -0.141. The second kappa shape index (κ2) is 5.95. The minimum atomic E-state index is -4.51. The number of hydrogen-bond donors (Lipinski definition) is 1. The van der Waals surface area contributed by atoms with Crippen molar-refractivity contribution in [2.75, 3.05) is 18.0 Å². The average Bonchev–Trinajstić information content (AvgIpc) is 2.50. The molecule has 126 valence electrons. The van der Waals surface area contributed by atoms with Crippen LogP contribution in [0.15, 0.2) is 30.7 Å². The van der Waals surface area contributed by atoms with Crippen LogP contribution < -0.4 is 15.4 Å². The Bertz CT molecular complexity index is 762. The van der Waals surface area contributed by atoms with E-state index in [9.17, 15) is 18.0 Å². The molecule has 3 rings (SSSR count). The molecule has 0 radical (unpaired) electrons. The first kappa shape index (κ1) is 16.0. The molecule has 0 bridgehead atoms. The number of carbonyl (C=O) groups is 1. The summed E-state index contributed by atoms with van der Waals surface area (Å²) in [6.45, 7) is 0.727. The quantitative estimate of drug-likeness (QED) is 0.901. The molecule has 1 saturated heterocycles. The monoisotopic (exact) mass is 339 g/mol. The summed E-state index contributed by atoms with van der Waals surface area (Å²) in [5.74, 6) is -0.0665. The molecule has 24 heavy (non-hydrogen) atoms. The molecule has 7 nitrogen and oxygen atoms in total. The first-order valence-corrected chi connectivity index (χ1v) is 6.89. The van der Waals surface area contributed by atoms with Gasteiger partial charge in [-0.15, -0.1) is 0 Å². The van der Waals surface area contributed by atoms with E-state index in [1.54, 1.807) is 11.0 Å². The minimum absolute atomic E-state index is 0.0781. The molecular weight excluding hydrogens is 327 g/mol. The second-order valence-electron chi connectivity index (χ2n) is 5.15. The number of aromatic nitrogens is 3. The van der Waals surface area contributed by atoms with Crippen LogP contribution in [-0.2, 0) is 6.18 Å². The normalized spacial score (nSPS) is 15.0. The van der Waals surface area contributed by atoms with Crippen LogP contribution in [0.2, 0.25) is 0 Å². The van der Waals surface area contributed by atoms with E-state index in [-0.39, 0.29) is 17.6 Å². The molecule has 1 amide bonds. The van der Waals surface area contributed by atoms with Gasteiger partial charge < -0.3 is 15.4 Å². The van der Waals surface area contributed by atoms with Gasteiger partial charge in [-0.05, 0) is 6.07 Å². The molecule has 0 atom stereocenters. The average molecular weight is 339 g/mol. The highest BCUT2D eigenvalue weighted by atomic mass is 19.4. The fourth-order valence-corrected chi connectivity index (χ4v) is 2.19. The number of ether oxygens (including phenoxy) is 1. The van der Waals surface area contributed by atoms with Gasteiger partial charge in [0.25, 0.3) is 5.91 Å². The summed E-state index contributed by atoms with van der Waals surface area (Å²) in [5.41, 5.74) is 4.23. The molecule has 0 aliphatic carbocycles. The maximum atomic E-state index is 12.6. The number of alkyl halides is 3. The van der Waals surface area contributed by atoms with Crippen molar-refractivity contribution in [1.82, 2.24) is 15.0 Å². The van der Waals surface area contributed by atoms with Crippen molar-refractivity contribution in [3.8, 4) is 5.75 Å². The van der Waals surface area contributed by atoms with Gasteiger partial charge in [0.2, 0.25) is 0 Å². The van der Waals surface area contributed by atoms with Gasteiger partial charge in [0.1, 0.15) is 35.4 Å². The van der Waals surface area contributed by atoms with Crippen molar-refractivity contribution >= 4 is 11.7 Å². The third kappa shape index (κ3) is 3.36. The van der Waals surface area contributed by atoms with Crippen LogP contribution in [0.25, 0.3) is 0 Å². The van der Waals surface area contributed by atoms with E-state index >= 15 is 0 Å². The van der Waals surface area contributed by atoms with E-state index < -0.39 is 17.8 Å². The SMILES string of the molecule is NC(=O)c1cc(OC2CN(c3cc(C(F)(F)F)ncn3)C2)ccn1. The highest BCUT2D eigenvalue weighted by molar-refractivity contribution is 5.91. The van der Waals surface area contributed by atoms with Gasteiger partial charge in [-0.3, -0.25) is 9.78 Å². The molecule has 1 aliphatic heterocycles. The molecule has 0 unspecified atom stereocenters. The van der Waals surface area contributed by atoms with Gasteiger partial charge in [0.05, 0.1) is 13.1 Å². The summed E-state index contributed by atoms with van der Waals surface area (Å²) < 4.78 is 43.6. The smallest absolute Gasteiger partial charge is 0.433 e. The van der Waals surface area contributed by atoms with Crippen molar-refractivity contribution in [3.63, 3.8) is 0 Å². The van der Waals surface area contributed by atoms with Gasteiger partial charge in [-0.1, -0.05) is 0 Å². The van der Waals surface area contributed by atoms with Gasteiger partial charge in [-0.25, -0.2) is 9.97 Å². The minimum Gasteiger partial charge on any atom is -0.487 e. The van der Waals surface area contributed by atoms with Crippen LogP contribution >= 0.6 is 0 Å². The van der Waals surface area contributed by atoms with E-state index in [1.165, 1.54) is 12.3 Å². The molecule has 1 fully saturated rings. The topological polar surface area (TPSA) is 94.2 Å². The molecule has 2 aromatic heterocycles. The zero-order valence-electron chi connectivity index (χ0n) is 12.2. The molecular formula is C14H12F3N5O2. The number of rotatable bonds is 4. The number of primary amides is 1. The van der Waals surface area contributed by atoms with Crippen molar-refractivity contribution < 1.29 is 22.7 Å². The number of anilines is 1. The number of nitrogens with two attached hydrogens (primary N) is 1. The summed E-state index contributed by atoms with van der Waals surface area (Å²) in [4.78, 5) is 23.6. The van der Waals surface area contributed by atoms with Crippen LogP contribution in [0.5, 0.6) is 5.75 Å². The van der Waals surface area contributed by atoms with Crippen molar-refractivity contribution in [1.29, 1.82) is 0 Å². The molecule has 0 spiro atoms. The Hall–Kier alpha value is -2.91. The van der Waals surface area contributed by atoms with Crippen molar-refractivity contribution in [2.45, 2.75) is 12.3 Å². The van der Waals surface area contributed by atoms with Crippen molar-refractivity contribution in [2.24, 2.45) is 5.73 Å². The van der Waals surface area contributed by atoms with Crippen molar-refractivity contribution in [3.05, 3.63) is 42.1 Å². The maximum Gasteiger partial charge on any atom is 0.433 e. The molecule has 2 N–H and O–H groups in total. The lowest BCUT2D eigenvalue weighted by Gasteiger charge is -2.39. The Morgan fingerprint density at radius 1 is 1.25 bits per heavy atom. The Balaban J connectivity index is 1.62. The predicted octanol–water partition coefficient (Wildman–Crippen LogP) is 1.26. The molecule has 2 aromatic rings. The number of pyridine rings is 1. The fourth-order valence-electron chi connectivity index (χ4n) is 2.19. The summed E-state index contributed by atoms with van der Waals surface area (Å²) in [5, 5.41) is 0. The number of halogens is 3. The van der Waals surface area contributed by atoms with E-state index in [2.05, 4.69) is 15.0 Å². The lowest BCUT2D eigenvalue weighted by atomic mass is 10.1. The van der Waals surface area contributed by atoms with E-state index in [4.69, 9.17) is 10.5 Å². The predicted molar refractivity (Wildman–Crippen MR) is 76.4 cm³/mol. The second-order valence-corrected chi connectivity index (χ2v) is 5.15. The van der Waals surface area contributed by atoms with Crippen LogP contribution in [0.3, 0.4) is 0 Å². The van der Waals surface area contributed by atoms with Crippen LogP contribution in [-0.4, -0.2) is 40.1 Å². The first-order chi connectivity index (χ1) is 11.3. The number of carbonyl (C=O) groups excluding carboxylic acids is 1. The maximum absolute atomic E-state index is 12.6. The van der Waals surface area contributed by atoms with E-state index in [0.717, 1.165) is 12.4 Å². The van der Waals surface area contributed by atoms with Crippen LogP contribution in [0, 0.1) is 0 Å². The third-order valence-electron chi connectivity index (χ3n) is 3.40. The van der Waals surface area contributed by atoms with E-state index in [0.29, 0.717) is 18.8 Å². The van der Waals surface area contributed by atoms with Gasteiger partial charge >= 0.3 is 6.18 Å². The molecule has 0 saturated carbocycles. The zero-order chi connectivity index (χ0) is 17.3. The number of amides is 1. The van der Waals surface area contributed by atoms with Gasteiger partial charge in [-0.2, -0.15) is 13.2 Å². The molecule has 3 heterocycles. The van der Waals surface area contributed by atoms with Gasteiger partial charge in [0, 0.05) is 18.3 Å². The Morgan fingerprint density at radius 3 is 2.67 bits per heavy atom. The number of hydrogen-bond acceptors (Lipinski definition) is 6. The summed E-state index contributed by atoms with van der Waals surface area (Å²) in [7, 11) is 0. The summed E-state index contributed by atoms with van der Waals surface area (Å²) in [6, 6.07) is 3.88. The Labute approximate surface area is 134 Å². The van der Waals surface area contributed by atoms with Crippen LogP contribution in [0.4, 0.5) is 19.0 Å². The largest absolute Gasteiger partial charge is 0.487 e. The van der Waals surface area contributed by atoms with Gasteiger partial charge in [0.15, 0.2) is 0 Å². The van der Waals surface area contributed by atoms with Crippen LogP contribution in [0.1, 0.15) is 16.2 Å². The zero-order valence-corrected chi connectivity index (χ0v) is 12.2. The summed E-state index contributed by atoms with van der Waals surface area (Å²) >= 11 is 0. The fraction of sp³-hybridized carbons (Fsp3) is 0.286. The Kier molecular flexibility index (Phi) is 3.96. The highest BCUT2D eigenvalue weighted by Crippen LogP contribution is 2.30. The van der Waals surface area contributed by atoms with E-state index in [1.807, 2.05) is 0 Å². The summed E-state index contributed by atoms with van der Waals surface area (Å²) in [6.07, 6.45) is -2.47. The highest BCUT2D eigenvalue weighted by Gasteiger charge is 2.35.